The van der Waals surface area contributed by atoms with E-state index < -0.39 is 5.41 Å². The summed E-state index contributed by atoms with van der Waals surface area (Å²) in [6.45, 7) is 5.88. The predicted molar refractivity (Wildman–Crippen MR) is 36.6 cm³/mol. The third-order valence-corrected chi connectivity index (χ3v) is 3.02. The minimum atomic E-state index is -0.701. The molecular weight excluding hydrogens is 124 g/mol. The number of nitrogens with zero attached hydrogens (tertiary/aromatic N) is 2. The second-order valence-corrected chi connectivity index (χ2v) is 3.47. The smallest absolute Gasteiger partial charge is 0.152 e. The van der Waals surface area contributed by atoms with E-state index in [0.29, 0.717) is 0 Å². The molecule has 0 amide bonds. The fourth-order valence-corrected chi connectivity index (χ4v) is 1.53. The quantitative estimate of drug-likeness (QED) is 0.506. The molecule has 0 heterocycles. The average Bonchev–Trinajstić information content (AvgIpc) is 2.31. The van der Waals surface area contributed by atoms with E-state index in [0.717, 1.165) is 0 Å². The summed E-state index contributed by atoms with van der Waals surface area (Å²) in [5.74, 6) is 0.218. The van der Waals surface area contributed by atoms with Crippen molar-refractivity contribution in [3.05, 3.63) is 0 Å². The van der Waals surface area contributed by atoms with Crippen LogP contribution in [0.3, 0.4) is 0 Å². The van der Waals surface area contributed by atoms with E-state index in [4.69, 9.17) is 10.5 Å². The highest BCUT2D eigenvalue weighted by Crippen LogP contribution is 2.67. The van der Waals surface area contributed by atoms with Crippen LogP contribution in [0.2, 0.25) is 0 Å². The molecule has 1 saturated carbocycles. The zero-order chi connectivity index (χ0) is 7.99. The second kappa shape index (κ2) is 1.52. The molecule has 2 heteroatoms. The first-order chi connectivity index (χ1) is 4.53. The molecule has 0 radical (unpaired) electrons. The molecular formula is C8H10N2. The summed E-state index contributed by atoms with van der Waals surface area (Å²) in [6, 6.07) is 4.16. The van der Waals surface area contributed by atoms with Crippen molar-refractivity contribution in [2.75, 3.05) is 0 Å². The van der Waals surface area contributed by atoms with Crippen molar-refractivity contribution in [2.45, 2.75) is 20.8 Å². The van der Waals surface area contributed by atoms with Gasteiger partial charge in [-0.15, -0.1) is 0 Å². The molecule has 0 N–H and O–H groups in total. The Labute approximate surface area is 61.1 Å². The summed E-state index contributed by atoms with van der Waals surface area (Å²) in [5, 5.41) is 17.4. The van der Waals surface area contributed by atoms with E-state index in [-0.39, 0.29) is 11.3 Å². The molecule has 2 nitrogen and oxygen atoms in total. The van der Waals surface area contributed by atoms with Gasteiger partial charge in [-0.25, -0.2) is 0 Å². The van der Waals surface area contributed by atoms with Crippen molar-refractivity contribution < 1.29 is 0 Å². The van der Waals surface area contributed by atoms with Crippen LogP contribution >= 0.6 is 0 Å². The molecule has 0 bridgehead atoms. The Bertz CT molecular complexity index is 225. The van der Waals surface area contributed by atoms with Gasteiger partial charge in [0.05, 0.1) is 12.1 Å². The zero-order valence-electron chi connectivity index (χ0n) is 6.47. The highest BCUT2D eigenvalue weighted by atomic mass is 14.7. The van der Waals surface area contributed by atoms with Crippen LogP contribution in [0.1, 0.15) is 20.8 Å². The van der Waals surface area contributed by atoms with Crippen molar-refractivity contribution in [2.24, 2.45) is 16.7 Å². The number of hydrogen-bond acceptors (Lipinski definition) is 2. The van der Waals surface area contributed by atoms with Gasteiger partial charge < -0.3 is 0 Å². The van der Waals surface area contributed by atoms with E-state index in [9.17, 15) is 0 Å². The molecule has 0 aliphatic heterocycles. The van der Waals surface area contributed by atoms with Gasteiger partial charge in [0.25, 0.3) is 0 Å². The first-order valence-electron chi connectivity index (χ1n) is 3.35. The number of rotatable bonds is 0. The average molecular weight is 134 g/mol. The molecule has 0 aromatic carbocycles. The third kappa shape index (κ3) is 0.434. The highest BCUT2D eigenvalue weighted by Gasteiger charge is 2.70. The maximum atomic E-state index is 8.69. The van der Waals surface area contributed by atoms with Gasteiger partial charge in [0.1, 0.15) is 0 Å². The molecule has 1 atom stereocenters. The van der Waals surface area contributed by atoms with Crippen molar-refractivity contribution in [1.82, 2.24) is 0 Å². The molecule has 0 aromatic rings. The Morgan fingerprint density at radius 3 is 1.50 bits per heavy atom. The van der Waals surface area contributed by atoms with E-state index in [2.05, 4.69) is 12.1 Å². The summed E-state index contributed by atoms with van der Waals surface area (Å²) >= 11 is 0. The number of hydrogen-bond donors (Lipinski definition) is 0. The molecule has 52 valence electrons. The highest BCUT2D eigenvalue weighted by molar-refractivity contribution is 5.35. The maximum absolute atomic E-state index is 8.69. The number of nitriles is 2. The van der Waals surface area contributed by atoms with Gasteiger partial charge in [-0.2, -0.15) is 10.5 Å². The van der Waals surface area contributed by atoms with Crippen molar-refractivity contribution in [1.29, 1.82) is 10.5 Å². The first kappa shape index (κ1) is 7.09. The Morgan fingerprint density at radius 1 is 1.20 bits per heavy atom. The van der Waals surface area contributed by atoms with Crippen LogP contribution in [0.5, 0.6) is 0 Å². The van der Waals surface area contributed by atoms with E-state index in [1.165, 1.54) is 0 Å². The molecule has 0 spiro atoms. The topological polar surface area (TPSA) is 47.6 Å². The van der Waals surface area contributed by atoms with E-state index in [1.807, 2.05) is 20.8 Å². The van der Waals surface area contributed by atoms with Crippen LogP contribution in [0.15, 0.2) is 0 Å². The lowest BCUT2D eigenvalue weighted by molar-refractivity contribution is 0.543. The summed E-state index contributed by atoms with van der Waals surface area (Å²) in [5.41, 5.74) is -0.802. The standard InChI is InChI=1S/C8H10N2/c1-6-7(2,3)8(6,4-9)5-10/h6H,1-3H3. The molecule has 10 heavy (non-hydrogen) atoms. The second-order valence-electron chi connectivity index (χ2n) is 3.47. The van der Waals surface area contributed by atoms with Crippen LogP contribution in [0.4, 0.5) is 0 Å². The SMILES string of the molecule is CC1C(C)(C)C1(C#N)C#N. The molecule has 1 unspecified atom stereocenters. The van der Waals surface area contributed by atoms with Crippen LogP contribution in [-0.2, 0) is 0 Å². The Morgan fingerprint density at radius 2 is 1.50 bits per heavy atom. The van der Waals surface area contributed by atoms with Crippen LogP contribution in [0.25, 0.3) is 0 Å². The van der Waals surface area contributed by atoms with E-state index >= 15 is 0 Å². The molecule has 0 saturated heterocycles. The Balaban J connectivity index is 3.01. The minimum absolute atomic E-state index is 0.101. The van der Waals surface area contributed by atoms with Crippen molar-refractivity contribution in [3.63, 3.8) is 0 Å². The largest absolute Gasteiger partial charge is 0.197 e. The monoisotopic (exact) mass is 134 g/mol. The van der Waals surface area contributed by atoms with Gasteiger partial charge in [0, 0.05) is 5.41 Å². The van der Waals surface area contributed by atoms with Crippen LogP contribution in [0, 0.1) is 39.4 Å². The Kier molecular flexibility index (Phi) is 1.08. The fourth-order valence-electron chi connectivity index (χ4n) is 1.53. The van der Waals surface area contributed by atoms with Gasteiger partial charge >= 0.3 is 0 Å². The Hall–Kier alpha value is -1.02. The first-order valence-corrected chi connectivity index (χ1v) is 3.35. The maximum Gasteiger partial charge on any atom is 0.152 e. The van der Waals surface area contributed by atoms with Gasteiger partial charge in [-0.3, -0.25) is 0 Å². The summed E-state index contributed by atoms with van der Waals surface area (Å²) < 4.78 is 0. The van der Waals surface area contributed by atoms with Gasteiger partial charge in [-0.1, -0.05) is 20.8 Å². The van der Waals surface area contributed by atoms with Gasteiger partial charge in [0.15, 0.2) is 5.41 Å². The van der Waals surface area contributed by atoms with Crippen molar-refractivity contribution >= 4 is 0 Å². The summed E-state index contributed by atoms with van der Waals surface area (Å²) in [4.78, 5) is 0. The summed E-state index contributed by atoms with van der Waals surface area (Å²) in [7, 11) is 0. The predicted octanol–water partition coefficient (Wildman–Crippen LogP) is 1.70. The molecule has 1 aliphatic carbocycles. The molecule has 1 rings (SSSR count). The zero-order valence-corrected chi connectivity index (χ0v) is 6.47. The third-order valence-electron chi connectivity index (χ3n) is 3.02. The molecule has 0 aromatic heterocycles. The molecule has 1 fully saturated rings. The van der Waals surface area contributed by atoms with Gasteiger partial charge in [-0.05, 0) is 5.92 Å². The minimum Gasteiger partial charge on any atom is -0.197 e. The lowest BCUT2D eigenvalue weighted by atomic mass is 10.00. The van der Waals surface area contributed by atoms with Gasteiger partial charge in [0.2, 0.25) is 0 Å². The lowest BCUT2D eigenvalue weighted by Gasteiger charge is -1.98. The van der Waals surface area contributed by atoms with Crippen molar-refractivity contribution in [3.8, 4) is 12.1 Å². The van der Waals surface area contributed by atoms with E-state index in [1.54, 1.807) is 0 Å². The van der Waals surface area contributed by atoms with Crippen LogP contribution in [-0.4, -0.2) is 0 Å². The fraction of sp³-hybridized carbons (Fsp3) is 0.750. The van der Waals surface area contributed by atoms with Crippen LogP contribution < -0.4 is 0 Å². The summed E-state index contributed by atoms with van der Waals surface area (Å²) in [6.07, 6.45) is 0. The normalized spacial score (nSPS) is 31.9. The molecule has 1 aliphatic rings. The lowest BCUT2D eigenvalue weighted by Crippen LogP contribution is -2.01.